The van der Waals surface area contributed by atoms with Crippen molar-refractivity contribution in [2.45, 2.75) is 10.8 Å². The molecule has 0 heterocycles. The van der Waals surface area contributed by atoms with Crippen molar-refractivity contribution >= 4 is 45.9 Å². The maximum Gasteiger partial charge on any atom is 0.341 e. The lowest BCUT2D eigenvalue weighted by atomic mass is 9.96. The molecule has 0 fully saturated rings. The van der Waals surface area contributed by atoms with Crippen LogP contribution in [-0.2, 0) is 10.7 Å². The Morgan fingerprint density at radius 3 is 2.30 bits per heavy atom. The van der Waals surface area contributed by atoms with Crippen molar-refractivity contribution in [2.24, 2.45) is 0 Å². The molecule has 0 amide bonds. The fourth-order valence-electron chi connectivity index (χ4n) is 3.04. The Bertz CT molecular complexity index is 1120. The lowest BCUT2D eigenvalue weighted by Gasteiger charge is -2.14. The summed E-state index contributed by atoms with van der Waals surface area (Å²) in [7, 11) is 0. The molecule has 8 heteroatoms. The van der Waals surface area contributed by atoms with E-state index in [1.807, 2.05) is 42.5 Å². The van der Waals surface area contributed by atoms with E-state index in [-0.39, 0.29) is 5.56 Å². The van der Waals surface area contributed by atoms with Gasteiger partial charge in [0.2, 0.25) is 0 Å². The number of hydrogen-bond donors (Lipinski definition) is 1. The molecule has 0 atom stereocenters. The Kier molecular flexibility index (Phi) is 8.85. The van der Waals surface area contributed by atoms with Gasteiger partial charge in [0.05, 0.1) is 0 Å². The first-order valence-corrected chi connectivity index (χ1v) is 11.9. The molecule has 0 aromatic heterocycles. The van der Waals surface area contributed by atoms with Crippen LogP contribution in [-0.4, -0.2) is 30.1 Å². The number of rotatable bonds is 10. The molecule has 0 bridgehead atoms. The van der Waals surface area contributed by atoms with Crippen LogP contribution in [0.25, 0.3) is 5.57 Å². The van der Waals surface area contributed by atoms with Gasteiger partial charge in [-0.25, -0.2) is 9.18 Å². The lowest BCUT2D eigenvalue weighted by molar-refractivity contribution is -0.139. The van der Waals surface area contributed by atoms with Crippen LogP contribution in [0.5, 0.6) is 5.75 Å². The summed E-state index contributed by atoms with van der Waals surface area (Å²) in [4.78, 5) is 11.7. The SMILES string of the molecule is O=C(O)COc1ccc(SC/C=C(/c2ccccc2)c2ccc(C(F)(F)CF)cc2)c(I)c1. The molecular weight excluding hydrogens is 564 g/mol. The molecule has 0 aliphatic carbocycles. The van der Waals surface area contributed by atoms with E-state index < -0.39 is 25.2 Å². The van der Waals surface area contributed by atoms with Crippen LogP contribution in [0, 0.1) is 3.57 Å². The van der Waals surface area contributed by atoms with Gasteiger partial charge in [-0.1, -0.05) is 60.7 Å². The van der Waals surface area contributed by atoms with Crippen molar-refractivity contribution in [2.75, 3.05) is 19.0 Å². The first-order valence-electron chi connectivity index (χ1n) is 9.87. The highest BCUT2D eigenvalue weighted by Gasteiger charge is 2.31. The van der Waals surface area contributed by atoms with Crippen molar-refractivity contribution in [3.05, 3.63) is 99.1 Å². The maximum atomic E-state index is 13.7. The zero-order valence-electron chi connectivity index (χ0n) is 17.3. The zero-order chi connectivity index (χ0) is 23.8. The maximum absolute atomic E-state index is 13.7. The molecule has 3 nitrogen and oxygen atoms in total. The molecule has 0 saturated carbocycles. The Morgan fingerprint density at radius 1 is 1.03 bits per heavy atom. The van der Waals surface area contributed by atoms with Gasteiger partial charge in [0.25, 0.3) is 0 Å². The van der Waals surface area contributed by atoms with Crippen LogP contribution in [0.1, 0.15) is 16.7 Å². The first-order chi connectivity index (χ1) is 15.8. The van der Waals surface area contributed by atoms with Gasteiger partial charge in [-0.3, -0.25) is 0 Å². The summed E-state index contributed by atoms with van der Waals surface area (Å²) >= 11 is 3.75. The number of carboxylic acids is 1. The van der Waals surface area contributed by atoms with Crippen LogP contribution in [0.15, 0.2) is 83.8 Å². The summed E-state index contributed by atoms with van der Waals surface area (Å²) in [6, 6.07) is 20.6. The minimum atomic E-state index is -3.50. The number of benzene rings is 3. The molecular formula is C25H20F3IO3S. The Hall–Kier alpha value is -2.46. The van der Waals surface area contributed by atoms with E-state index in [0.29, 0.717) is 11.5 Å². The highest BCUT2D eigenvalue weighted by molar-refractivity contribution is 14.1. The summed E-state index contributed by atoms with van der Waals surface area (Å²) < 4.78 is 46.1. The number of halogens is 4. The highest BCUT2D eigenvalue weighted by atomic mass is 127. The smallest absolute Gasteiger partial charge is 0.341 e. The topological polar surface area (TPSA) is 46.5 Å². The number of thioether (sulfide) groups is 1. The monoisotopic (exact) mass is 584 g/mol. The Balaban J connectivity index is 1.80. The first kappa shape index (κ1) is 25.2. The van der Waals surface area contributed by atoms with Crippen LogP contribution >= 0.6 is 34.4 Å². The van der Waals surface area contributed by atoms with E-state index in [1.165, 1.54) is 12.1 Å². The summed E-state index contributed by atoms with van der Waals surface area (Å²) in [5.74, 6) is -3.44. The van der Waals surface area contributed by atoms with Gasteiger partial charge in [0.15, 0.2) is 13.3 Å². The average Bonchev–Trinajstić information content (AvgIpc) is 2.82. The Labute approximate surface area is 207 Å². The second kappa shape index (κ2) is 11.6. The van der Waals surface area contributed by atoms with E-state index in [9.17, 15) is 18.0 Å². The average molecular weight is 584 g/mol. The summed E-state index contributed by atoms with van der Waals surface area (Å²) in [6.45, 7) is -2.13. The summed E-state index contributed by atoms with van der Waals surface area (Å²) in [5.41, 5.74) is 2.23. The van der Waals surface area contributed by atoms with Gasteiger partial charge in [0, 0.05) is 19.8 Å². The quantitative estimate of drug-likeness (QED) is 0.205. The second-order valence-electron chi connectivity index (χ2n) is 6.98. The molecule has 3 aromatic carbocycles. The minimum absolute atomic E-state index is 0.352. The van der Waals surface area contributed by atoms with E-state index in [4.69, 9.17) is 9.84 Å². The standard InChI is InChI=1S/C25H20F3IO3S/c26-16-25(27,28)19-8-6-18(7-9-19)21(17-4-2-1-3-5-17)12-13-33-23-11-10-20(14-22(23)29)32-15-24(30)31/h1-12,14H,13,15-16H2,(H,30,31)/b21-12-. The fourth-order valence-corrected chi connectivity index (χ4v) is 4.78. The van der Waals surface area contributed by atoms with E-state index in [0.717, 1.165) is 25.2 Å². The molecule has 3 rings (SSSR count). The number of aliphatic carboxylic acids is 1. The number of ether oxygens (including phenoxy) is 1. The molecule has 1 N–H and O–H groups in total. The third kappa shape index (κ3) is 7.01. The van der Waals surface area contributed by atoms with Gasteiger partial charge in [-0.2, -0.15) is 8.78 Å². The van der Waals surface area contributed by atoms with Crippen LogP contribution in [0.3, 0.4) is 0 Å². The van der Waals surface area contributed by atoms with Crippen molar-refractivity contribution in [1.29, 1.82) is 0 Å². The summed E-state index contributed by atoms with van der Waals surface area (Å²) in [6.07, 6.45) is 2.02. The second-order valence-corrected chi connectivity index (χ2v) is 9.21. The number of alkyl halides is 3. The molecule has 0 aliphatic rings. The molecule has 0 aliphatic heterocycles. The zero-order valence-corrected chi connectivity index (χ0v) is 20.3. The van der Waals surface area contributed by atoms with Gasteiger partial charge < -0.3 is 9.84 Å². The predicted molar refractivity (Wildman–Crippen MR) is 133 cm³/mol. The normalized spacial score (nSPS) is 11.9. The number of carboxylic acid groups (broad SMARTS) is 1. The molecule has 0 spiro atoms. The van der Waals surface area contributed by atoms with Crippen LogP contribution < -0.4 is 4.74 Å². The minimum Gasteiger partial charge on any atom is -0.482 e. The number of carbonyl (C=O) groups is 1. The molecule has 0 radical (unpaired) electrons. The third-order valence-electron chi connectivity index (χ3n) is 4.66. The van der Waals surface area contributed by atoms with Gasteiger partial charge in [-0.15, -0.1) is 11.8 Å². The van der Waals surface area contributed by atoms with Crippen molar-refractivity contribution in [1.82, 2.24) is 0 Å². The van der Waals surface area contributed by atoms with Gasteiger partial charge >= 0.3 is 11.9 Å². The Morgan fingerprint density at radius 2 is 1.70 bits per heavy atom. The largest absolute Gasteiger partial charge is 0.482 e. The third-order valence-corrected chi connectivity index (χ3v) is 6.92. The molecule has 33 heavy (non-hydrogen) atoms. The van der Waals surface area contributed by atoms with Crippen molar-refractivity contribution in [3.63, 3.8) is 0 Å². The summed E-state index contributed by atoms with van der Waals surface area (Å²) in [5, 5.41) is 8.73. The lowest BCUT2D eigenvalue weighted by Crippen LogP contribution is -2.15. The van der Waals surface area contributed by atoms with Gasteiger partial charge in [-0.05, 0) is 57.5 Å². The van der Waals surface area contributed by atoms with E-state index >= 15 is 0 Å². The van der Waals surface area contributed by atoms with Crippen LogP contribution in [0.4, 0.5) is 13.2 Å². The van der Waals surface area contributed by atoms with Crippen molar-refractivity contribution in [3.8, 4) is 5.75 Å². The highest BCUT2D eigenvalue weighted by Crippen LogP contribution is 2.32. The van der Waals surface area contributed by atoms with Crippen LogP contribution in [0.2, 0.25) is 0 Å². The predicted octanol–water partition coefficient (Wildman–Crippen LogP) is 7.04. The van der Waals surface area contributed by atoms with Crippen molar-refractivity contribution < 1.29 is 27.8 Å². The van der Waals surface area contributed by atoms with E-state index in [2.05, 4.69) is 22.6 Å². The van der Waals surface area contributed by atoms with E-state index in [1.54, 1.807) is 36.0 Å². The number of hydrogen-bond acceptors (Lipinski definition) is 3. The fraction of sp³-hybridized carbons (Fsp3) is 0.160. The molecule has 3 aromatic rings. The molecule has 172 valence electrons. The van der Waals surface area contributed by atoms with Gasteiger partial charge in [0.1, 0.15) is 5.75 Å². The molecule has 0 unspecified atom stereocenters. The molecule has 0 saturated heterocycles.